The van der Waals surface area contributed by atoms with Gasteiger partial charge >= 0.3 is 0 Å². The molecule has 1 aromatic rings. The first kappa shape index (κ1) is 12.3. The van der Waals surface area contributed by atoms with E-state index in [-0.39, 0.29) is 11.4 Å². The molecule has 4 heteroatoms. The van der Waals surface area contributed by atoms with Crippen LogP contribution in [0, 0.1) is 0 Å². The lowest BCUT2D eigenvalue weighted by atomic mass is 10.1. The van der Waals surface area contributed by atoms with E-state index in [9.17, 15) is 4.79 Å². The quantitative estimate of drug-likeness (QED) is 0.783. The third kappa shape index (κ3) is 2.57. The first-order chi connectivity index (χ1) is 7.88. The first-order valence-electron chi connectivity index (χ1n) is 5.54. The summed E-state index contributed by atoms with van der Waals surface area (Å²) < 4.78 is 1.03. The standard InChI is InChI=1S/C13H15BrN2O/c1-13(2,3)16-12(17)8-11(15-16)9-4-6-10(14)7-5-9/h4-7H,8H2,1-3H3. The fourth-order valence-electron chi connectivity index (χ4n) is 1.76. The fraction of sp³-hybridized carbons (Fsp3) is 0.385. The van der Waals surface area contributed by atoms with Gasteiger partial charge in [0.05, 0.1) is 17.7 Å². The van der Waals surface area contributed by atoms with Gasteiger partial charge in [-0.15, -0.1) is 0 Å². The van der Waals surface area contributed by atoms with E-state index in [1.165, 1.54) is 0 Å². The van der Waals surface area contributed by atoms with Crippen LogP contribution in [0.4, 0.5) is 0 Å². The van der Waals surface area contributed by atoms with E-state index in [0.29, 0.717) is 6.42 Å². The number of hydrazone groups is 1. The summed E-state index contributed by atoms with van der Waals surface area (Å²) >= 11 is 3.39. The topological polar surface area (TPSA) is 32.7 Å². The molecule has 17 heavy (non-hydrogen) atoms. The molecule has 1 aromatic carbocycles. The van der Waals surface area contributed by atoms with Crippen LogP contribution in [0.15, 0.2) is 33.8 Å². The smallest absolute Gasteiger partial charge is 0.249 e. The summed E-state index contributed by atoms with van der Waals surface area (Å²) in [5.74, 6) is 0.0652. The fourth-order valence-corrected chi connectivity index (χ4v) is 2.02. The van der Waals surface area contributed by atoms with Crippen LogP contribution in [0.25, 0.3) is 0 Å². The van der Waals surface area contributed by atoms with Crippen molar-refractivity contribution in [3.63, 3.8) is 0 Å². The summed E-state index contributed by atoms with van der Waals surface area (Å²) in [7, 11) is 0. The molecule has 0 saturated carbocycles. The number of nitrogens with zero attached hydrogens (tertiary/aromatic N) is 2. The van der Waals surface area contributed by atoms with Gasteiger partial charge in [0.1, 0.15) is 0 Å². The third-order valence-corrected chi connectivity index (χ3v) is 3.12. The second-order valence-electron chi connectivity index (χ2n) is 5.11. The molecule has 0 spiro atoms. The lowest BCUT2D eigenvalue weighted by molar-refractivity contribution is -0.133. The maximum absolute atomic E-state index is 11.9. The van der Waals surface area contributed by atoms with Gasteiger partial charge in [-0.1, -0.05) is 28.1 Å². The Labute approximate surface area is 110 Å². The summed E-state index contributed by atoms with van der Waals surface area (Å²) in [6.07, 6.45) is 0.388. The van der Waals surface area contributed by atoms with Crippen molar-refractivity contribution in [3.8, 4) is 0 Å². The highest BCUT2D eigenvalue weighted by atomic mass is 79.9. The minimum atomic E-state index is -0.256. The molecule has 0 aliphatic carbocycles. The van der Waals surface area contributed by atoms with E-state index in [2.05, 4.69) is 21.0 Å². The van der Waals surface area contributed by atoms with Crippen molar-refractivity contribution in [1.82, 2.24) is 5.01 Å². The van der Waals surface area contributed by atoms with Crippen LogP contribution < -0.4 is 0 Å². The molecule has 0 unspecified atom stereocenters. The maximum atomic E-state index is 11.9. The van der Waals surface area contributed by atoms with E-state index in [1.54, 1.807) is 5.01 Å². The van der Waals surface area contributed by atoms with Crippen LogP contribution >= 0.6 is 15.9 Å². The number of hydrogen-bond acceptors (Lipinski definition) is 2. The molecule has 3 nitrogen and oxygen atoms in total. The number of benzene rings is 1. The lowest BCUT2D eigenvalue weighted by Crippen LogP contribution is -2.38. The highest BCUT2D eigenvalue weighted by Crippen LogP contribution is 2.23. The number of carbonyl (C=O) groups is 1. The second kappa shape index (κ2) is 4.26. The van der Waals surface area contributed by atoms with Gasteiger partial charge in [0.25, 0.3) is 0 Å². The zero-order chi connectivity index (χ0) is 12.6. The number of halogens is 1. The molecule has 0 bridgehead atoms. The summed E-state index contributed by atoms with van der Waals surface area (Å²) in [5, 5.41) is 6.00. The molecule has 1 aliphatic heterocycles. The van der Waals surface area contributed by atoms with Gasteiger partial charge in [-0.25, -0.2) is 5.01 Å². The SMILES string of the molecule is CC(C)(C)N1N=C(c2ccc(Br)cc2)CC1=O. The van der Waals surface area contributed by atoms with Crippen LogP contribution in [0.5, 0.6) is 0 Å². The summed E-state index contributed by atoms with van der Waals surface area (Å²) in [4.78, 5) is 11.9. The Bertz CT molecular complexity index is 471. The summed E-state index contributed by atoms with van der Waals surface area (Å²) in [6, 6.07) is 7.87. The van der Waals surface area contributed by atoms with Crippen LogP contribution in [-0.2, 0) is 4.79 Å². The molecule has 0 saturated heterocycles. The Morgan fingerprint density at radius 1 is 1.24 bits per heavy atom. The van der Waals surface area contributed by atoms with Gasteiger partial charge in [0.15, 0.2) is 0 Å². The zero-order valence-corrected chi connectivity index (χ0v) is 11.8. The van der Waals surface area contributed by atoms with Crippen molar-refractivity contribution in [1.29, 1.82) is 0 Å². The summed E-state index contributed by atoms with van der Waals surface area (Å²) in [6.45, 7) is 5.96. The molecule has 0 atom stereocenters. The van der Waals surface area contributed by atoms with Crippen molar-refractivity contribution < 1.29 is 4.79 Å². The molecular weight excluding hydrogens is 280 g/mol. The minimum absolute atomic E-state index is 0.0652. The van der Waals surface area contributed by atoms with Crippen LogP contribution in [0.2, 0.25) is 0 Å². The number of rotatable bonds is 1. The summed E-state index contributed by atoms with van der Waals surface area (Å²) in [5.41, 5.74) is 1.60. The van der Waals surface area contributed by atoms with Crippen LogP contribution in [0.3, 0.4) is 0 Å². The van der Waals surface area contributed by atoms with E-state index in [1.807, 2.05) is 45.0 Å². The van der Waals surface area contributed by atoms with Crippen molar-refractivity contribution >= 4 is 27.5 Å². The lowest BCUT2D eigenvalue weighted by Gasteiger charge is -2.27. The molecule has 0 fully saturated rings. The van der Waals surface area contributed by atoms with E-state index < -0.39 is 0 Å². The molecule has 1 heterocycles. The molecule has 0 N–H and O–H groups in total. The molecule has 2 rings (SSSR count). The van der Waals surface area contributed by atoms with Crippen LogP contribution in [-0.4, -0.2) is 22.2 Å². The maximum Gasteiger partial charge on any atom is 0.249 e. The Hall–Kier alpha value is -1.16. The van der Waals surface area contributed by atoms with Gasteiger partial charge in [0, 0.05) is 4.47 Å². The predicted octanol–water partition coefficient (Wildman–Crippen LogP) is 3.18. The van der Waals surface area contributed by atoms with Crippen molar-refractivity contribution in [2.75, 3.05) is 0 Å². The number of amides is 1. The molecular formula is C13H15BrN2O. The number of carbonyl (C=O) groups excluding carboxylic acids is 1. The third-order valence-electron chi connectivity index (χ3n) is 2.59. The predicted molar refractivity (Wildman–Crippen MR) is 71.9 cm³/mol. The van der Waals surface area contributed by atoms with Crippen LogP contribution in [0.1, 0.15) is 32.8 Å². The monoisotopic (exact) mass is 294 g/mol. The Kier molecular flexibility index (Phi) is 3.08. The van der Waals surface area contributed by atoms with Gasteiger partial charge in [-0.05, 0) is 38.5 Å². The van der Waals surface area contributed by atoms with E-state index in [4.69, 9.17) is 0 Å². The largest absolute Gasteiger partial charge is 0.272 e. The van der Waals surface area contributed by atoms with Gasteiger partial charge in [-0.3, -0.25) is 4.79 Å². The first-order valence-corrected chi connectivity index (χ1v) is 6.34. The highest BCUT2D eigenvalue weighted by Gasteiger charge is 2.32. The minimum Gasteiger partial charge on any atom is -0.272 e. The van der Waals surface area contributed by atoms with E-state index >= 15 is 0 Å². The Balaban J connectivity index is 2.30. The average molecular weight is 295 g/mol. The molecule has 1 aliphatic rings. The average Bonchev–Trinajstić information content (AvgIpc) is 2.61. The molecule has 1 amide bonds. The van der Waals surface area contributed by atoms with Crippen molar-refractivity contribution in [2.24, 2.45) is 5.10 Å². The zero-order valence-electron chi connectivity index (χ0n) is 10.2. The van der Waals surface area contributed by atoms with Crippen molar-refractivity contribution in [2.45, 2.75) is 32.7 Å². The molecule has 0 aromatic heterocycles. The molecule has 0 radical (unpaired) electrons. The Morgan fingerprint density at radius 2 is 1.82 bits per heavy atom. The Morgan fingerprint density at radius 3 is 2.29 bits per heavy atom. The van der Waals surface area contributed by atoms with E-state index in [0.717, 1.165) is 15.7 Å². The molecule has 90 valence electrons. The van der Waals surface area contributed by atoms with Gasteiger partial charge in [0.2, 0.25) is 5.91 Å². The van der Waals surface area contributed by atoms with Gasteiger partial charge in [-0.2, -0.15) is 5.10 Å². The second-order valence-corrected chi connectivity index (χ2v) is 6.02. The van der Waals surface area contributed by atoms with Gasteiger partial charge < -0.3 is 0 Å². The normalized spacial score (nSPS) is 16.4. The van der Waals surface area contributed by atoms with Crippen molar-refractivity contribution in [3.05, 3.63) is 34.3 Å². The highest BCUT2D eigenvalue weighted by molar-refractivity contribution is 9.10. The number of hydrogen-bond donors (Lipinski definition) is 0.